The van der Waals surface area contributed by atoms with Crippen molar-refractivity contribution in [2.75, 3.05) is 18.1 Å². The summed E-state index contributed by atoms with van der Waals surface area (Å²) in [6.45, 7) is 9.73. The molecule has 3 atom stereocenters. The monoisotopic (exact) mass is 302 g/mol. The van der Waals surface area contributed by atoms with Crippen molar-refractivity contribution in [3.8, 4) is 0 Å². The Bertz CT molecular complexity index is 411. The first-order valence-electron chi connectivity index (χ1n) is 7.24. The average molecular weight is 302 g/mol. The second-order valence-electron chi connectivity index (χ2n) is 5.79. The summed E-state index contributed by atoms with van der Waals surface area (Å²) in [5, 5.41) is 2.85. The lowest BCUT2D eigenvalue weighted by molar-refractivity contribution is -0.155. The quantitative estimate of drug-likeness (QED) is 0.793. The maximum Gasteiger partial charge on any atom is 0.248 e. The number of hydrogen-bond donors (Lipinski definition) is 1. The van der Waals surface area contributed by atoms with Gasteiger partial charge in [0.25, 0.3) is 0 Å². The van der Waals surface area contributed by atoms with E-state index in [4.69, 9.17) is 0 Å². The van der Waals surface area contributed by atoms with Crippen LogP contribution in [0.2, 0.25) is 0 Å². The largest absolute Gasteiger partial charge is 0.340 e. The number of nitrogens with zero attached hydrogens (tertiary/aromatic N) is 1. The maximum atomic E-state index is 12.7. The van der Waals surface area contributed by atoms with Gasteiger partial charge in [0, 0.05) is 28.9 Å². The first kappa shape index (κ1) is 17.1. The highest BCUT2D eigenvalue weighted by molar-refractivity contribution is 7.84. The maximum absolute atomic E-state index is 12.7. The van der Waals surface area contributed by atoms with E-state index in [1.54, 1.807) is 11.8 Å². The Kier molecular flexibility index (Phi) is 5.74. The third-order valence-corrected chi connectivity index (χ3v) is 5.24. The van der Waals surface area contributed by atoms with Crippen molar-refractivity contribution in [1.82, 2.24) is 10.2 Å². The van der Waals surface area contributed by atoms with Crippen LogP contribution in [0.25, 0.3) is 0 Å². The molecule has 1 rings (SSSR count). The van der Waals surface area contributed by atoms with Crippen LogP contribution in [0.15, 0.2) is 0 Å². The lowest BCUT2D eigenvalue weighted by atomic mass is 9.88. The van der Waals surface area contributed by atoms with E-state index in [2.05, 4.69) is 5.32 Å². The number of nitrogens with one attached hydrogen (secondary N) is 1. The molecule has 0 aromatic rings. The number of rotatable bonds is 6. The lowest BCUT2D eigenvalue weighted by Crippen LogP contribution is -2.70. The van der Waals surface area contributed by atoms with E-state index in [-0.39, 0.29) is 17.7 Å². The van der Waals surface area contributed by atoms with E-state index >= 15 is 0 Å². The highest BCUT2D eigenvalue weighted by Gasteiger charge is 2.47. The van der Waals surface area contributed by atoms with Crippen molar-refractivity contribution in [2.45, 2.75) is 52.6 Å². The summed E-state index contributed by atoms with van der Waals surface area (Å²) in [5.74, 6) is 0.873. The molecule has 1 saturated heterocycles. The fraction of sp³-hybridized carbons (Fsp3) is 0.857. The summed E-state index contributed by atoms with van der Waals surface area (Å²) in [6, 6.07) is -0.462. The minimum absolute atomic E-state index is 0.0374. The molecule has 2 amide bonds. The minimum Gasteiger partial charge on any atom is -0.340 e. The molecule has 0 aliphatic carbocycles. The zero-order valence-corrected chi connectivity index (χ0v) is 13.9. The normalized spacial score (nSPS) is 28.7. The van der Waals surface area contributed by atoms with Crippen LogP contribution in [0.4, 0.5) is 0 Å². The van der Waals surface area contributed by atoms with Crippen molar-refractivity contribution in [3.05, 3.63) is 0 Å². The van der Waals surface area contributed by atoms with Crippen molar-refractivity contribution in [1.29, 1.82) is 0 Å². The van der Waals surface area contributed by atoms with Gasteiger partial charge in [-0.2, -0.15) is 0 Å². The Morgan fingerprint density at radius 1 is 1.35 bits per heavy atom. The molecule has 0 aromatic heterocycles. The van der Waals surface area contributed by atoms with E-state index < -0.39 is 22.4 Å². The highest BCUT2D eigenvalue weighted by Crippen LogP contribution is 2.24. The standard InChI is InChI=1S/C14H26N2O3S/c1-6-14(5)13(18)16(8-9-20(19)7-2)11(10(3)4)12(17)15-14/h10-11H,6-9H2,1-5H3,(H,15,17). The van der Waals surface area contributed by atoms with Crippen LogP contribution < -0.4 is 5.32 Å². The molecule has 0 saturated carbocycles. The lowest BCUT2D eigenvalue weighted by Gasteiger charge is -2.45. The van der Waals surface area contributed by atoms with Gasteiger partial charge in [-0.05, 0) is 19.3 Å². The van der Waals surface area contributed by atoms with Gasteiger partial charge in [-0.3, -0.25) is 13.8 Å². The topological polar surface area (TPSA) is 66.5 Å². The summed E-state index contributed by atoms with van der Waals surface area (Å²) in [6.07, 6.45) is 0.551. The molecule has 0 bridgehead atoms. The number of piperazine rings is 1. The summed E-state index contributed by atoms with van der Waals surface area (Å²) >= 11 is 0. The zero-order valence-electron chi connectivity index (χ0n) is 13.1. The molecule has 116 valence electrons. The Morgan fingerprint density at radius 3 is 2.40 bits per heavy atom. The van der Waals surface area contributed by atoms with Crippen LogP contribution in [-0.4, -0.2) is 50.6 Å². The third kappa shape index (κ3) is 3.40. The molecule has 1 aliphatic heterocycles. The number of carbonyl (C=O) groups excluding carboxylic acids is 2. The molecule has 1 fully saturated rings. The van der Waals surface area contributed by atoms with Gasteiger partial charge in [0.1, 0.15) is 11.6 Å². The Balaban J connectivity index is 2.99. The van der Waals surface area contributed by atoms with Gasteiger partial charge >= 0.3 is 0 Å². The van der Waals surface area contributed by atoms with Gasteiger partial charge < -0.3 is 10.2 Å². The molecular formula is C14H26N2O3S. The Labute approximate surface area is 123 Å². The molecule has 1 heterocycles. The van der Waals surface area contributed by atoms with Crippen LogP contribution >= 0.6 is 0 Å². The van der Waals surface area contributed by atoms with Crippen LogP contribution in [0.3, 0.4) is 0 Å². The van der Waals surface area contributed by atoms with Crippen LogP contribution in [-0.2, 0) is 20.4 Å². The predicted molar refractivity (Wildman–Crippen MR) is 80.7 cm³/mol. The molecule has 5 nitrogen and oxygen atoms in total. The van der Waals surface area contributed by atoms with Gasteiger partial charge in [0.2, 0.25) is 11.8 Å². The highest BCUT2D eigenvalue weighted by atomic mass is 32.2. The van der Waals surface area contributed by atoms with Crippen LogP contribution in [0, 0.1) is 5.92 Å². The van der Waals surface area contributed by atoms with Crippen molar-refractivity contribution in [3.63, 3.8) is 0 Å². The van der Waals surface area contributed by atoms with E-state index in [0.29, 0.717) is 24.5 Å². The van der Waals surface area contributed by atoms with Crippen molar-refractivity contribution >= 4 is 22.6 Å². The van der Waals surface area contributed by atoms with Crippen molar-refractivity contribution in [2.24, 2.45) is 5.92 Å². The molecule has 0 aromatic carbocycles. The van der Waals surface area contributed by atoms with Crippen LogP contribution in [0.5, 0.6) is 0 Å². The average Bonchev–Trinajstić information content (AvgIpc) is 2.39. The summed E-state index contributed by atoms with van der Waals surface area (Å²) in [5.41, 5.74) is -0.837. The van der Waals surface area contributed by atoms with Gasteiger partial charge in [-0.1, -0.05) is 27.7 Å². The fourth-order valence-electron chi connectivity index (χ4n) is 2.47. The van der Waals surface area contributed by atoms with E-state index in [0.717, 1.165) is 0 Å². The SMILES string of the molecule is CCS(=O)CCN1C(=O)C(C)(CC)NC(=O)C1C(C)C. The molecule has 20 heavy (non-hydrogen) atoms. The first-order valence-corrected chi connectivity index (χ1v) is 8.73. The van der Waals surface area contributed by atoms with Crippen molar-refractivity contribution < 1.29 is 13.8 Å². The van der Waals surface area contributed by atoms with E-state index in [1.807, 2.05) is 27.7 Å². The van der Waals surface area contributed by atoms with Gasteiger partial charge in [0.15, 0.2) is 0 Å². The third-order valence-electron chi connectivity index (χ3n) is 3.96. The molecule has 0 radical (unpaired) electrons. The molecule has 3 unspecified atom stereocenters. The van der Waals surface area contributed by atoms with E-state index in [9.17, 15) is 13.8 Å². The molecule has 6 heteroatoms. The van der Waals surface area contributed by atoms with Gasteiger partial charge in [-0.25, -0.2) is 0 Å². The number of hydrogen-bond acceptors (Lipinski definition) is 3. The van der Waals surface area contributed by atoms with E-state index in [1.165, 1.54) is 0 Å². The summed E-state index contributed by atoms with van der Waals surface area (Å²) < 4.78 is 11.6. The molecule has 1 aliphatic rings. The number of carbonyl (C=O) groups is 2. The predicted octanol–water partition coefficient (Wildman–Crippen LogP) is 0.907. The minimum atomic E-state index is -0.935. The van der Waals surface area contributed by atoms with Gasteiger partial charge in [0.05, 0.1) is 0 Å². The Morgan fingerprint density at radius 2 is 1.95 bits per heavy atom. The number of amides is 2. The van der Waals surface area contributed by atoms with Gasteiger partial charge in [-0.15, -0.1) is 0 Å². The smallest absolute Gasteiger partial charge is 0.248 e. The fourth-order valence-corrected chi connectivity index (χ4v) is 3.16. The summed E-state index contributed by atoms with van der Waals surface area (Å²) in [7, 11) is -0.935. The molecule has 0 spiro atoms. The Hall–Kier alpha value is -0.910. The first-order chi connectivity index (χ1) is 9.26. The zero-order chi connectivity index (χ0) is 15.5. The van der Waals surface area contributed by atoms with Crippen LogP contribution in [0.1, 0.15) is 41.0 Å². The molecule has 1 N–H and O–H groups in total. The molecular weight excluding hydrogens is 276 g/mol. The summed E-state index contributed by atoms with van der Waals surface area (Å²) in [4.78, 5) is 26.6. The second kappa shape index (κ2) is 6.70. The second-order valence-corrected chi connectivity index (χ2v) is 7.66.